The minimum atomic E-state index is -1.12. The average Bonchev–Trinajstić information content (AvgIpc) is 3.43. The van der Waals surface area contributed by atoms with Crippen LogP contribution in [0, 0.1) is 23.2 Å². The van der Waals surface area contributed by atoms with Crippen LogP contribution >= 0.6 is 12.0 Å². The van der Waals surface area contributed by atoms with Crippen molar-refractivity contribution in [3.05, 3.63) is 0 Å². The third kappa shape index (κ3) is 3.77. The van der Waals surface area contributed by atoms with Crippen LogP contribution in [0.2, 0.25) is 0 Å². The van der Waals surface area contributed by atoms with Gasteiger partial charge in [0.15, 0.2) is 24.3 Å². The lowest BCUT2D eigenvalue weighted by molar-refractivity contribution is -0.432. The van der Waals surface area contributed by atoms with Gasteiger partial charge in [0, 0.05) is 24.2 Å². The predicted molar refractivity (Wildman–Crippen MR) is 116 cm³/mol. The van der Waals surface area contributed by atoms with E-state index in [2.05, 4.69) is 9.37 Å². The molecule has 0 aromatic heterocycles. The van der Waals surface area contributed by atoms with Crippen molar-refractivity contribution < 1.29 is 57.4 Å². The zero-order valence-corrected chi connectivity index (χ0v) is 21.0. The molecular weight excluding hydrogens is 500 g/mol. The summed E-state index contributed by atoms with van der Waals surface area (Å²) in [6, 6.07) is 0. The van der Waals surface area contributed by atoms with Crippen molar-refractivity contribution in [2.75, 3.05) is 6.61 Å². The number of ether oxygens (including phenoxy) is 6. The summed E-state index contributed by atoms with van der Waals surface area (Å²) in [6.07, 6.45) is 0.568. The molecule has 0 amide bonds. The fourth-order valence-corrected chi connectivity index (χ4v) is 7.80. The molecular formula is C23H30O12S. The summed E-state index contributed by atoms with van der Waals surface area (Å²) in [5.41, 5.74) is -0.166. The minimum absolute atomic E-state index is 0.0879. The van der Waals surface area contributed by atoms with Crippen molar-refractivity contribution in [3.63, 3.8) is 0 Å². The molecule has 4 saturated carbocycles. The zero-order valence-electron chi connectivity index (χ0n) is 20.2. The maximum atomic E-state index is 12.7. The highest BCUT2D eigenvalue weighted by Gasteiger charge is 2.72. The van der Waals surface area contributed by atoms with Gasteiger partial charge in [0.1, 0.15) is 10.9 Å². The molecule has 4 aliphatic carbocycles. The van der Waals surface area contributed by atoms with Gasteiger partial charge in [-0.25, -0.2) is 10.1 Å². The minimum Gasteiger partial charge on any atom is -0.464 e. The van der Waals surface area contributed by atoms with Crippen molar-refractivity contribution in [2.24, 2.45) is 23.2 Å². The Kier molecular flexibility index (Phi) is 5.87. The van der Waals surface area contributed by atoms with Crippen LogP contribution < -0.4 is 0 Å². The van der Waals surface area contributed by atoms with Gasteiger partial charge in [0.05, 0.1) is 18.6 Å². The molecule has 0 aromatic carbocycles. The highest BCUT2D eigenvalue weighted by molar-refractivity contribution is 7.96. The molecule has 7 atom stereocenters. The molecule has 7 unspecified atom stereocenters. The van der Waals surface area contributed by atoms with E-state index in [9.17, 15) is 14.4 Å². The van der Waals surface area contributed by atoms with Gasteiger partial charge in [-0.3, -0.25) is 9.59 Å². The first-order chi connectivity index (χ1) is 17.1. The van der Waals surface area contributed by atoms with Crippen LogP contribution in [0.5, 0.6) is 0 Å². The van der Waals surface area contributed by atoms with Crippen molar-refractivity contribution in [2.45, 2.75) is 94.1 Å². The van der Waals surface area contributed by atoms with Crippen molar-refractivity contribution >= 4 is 30.0 Å². The van der Waals surface area contributed by atoms with E-state index in [1.165, 1.54) is 6.92 Å². The highest BCUT2D eigenvalue weighted by Crippen LogP contribution is 2.67. The lowest BCUT2D eigenvalue weighted by atomic mass is 9.47. The summed E-state index contributed by atoms with van der Waals surface area (Å²) in [7, 11) is 0. The summed E-state index contributed by atoms with van der Waals surface area (Å²) >= 11 is 0.675. The molecule has 12 nitrogen and oxygen atoms in total. The molecule has 7 fully saturated rings. The lowest BCUT2D eigenvalue weighted by Crippen LogP contribution is -2.63. The average molecular weight is 531 g/mol. The molecule has 0 radical (unpaired) electrons. The predicted octanol–water partition coefficient (Wildman–Crippen LogP) is 1.90. The van der Waals surface area contributed by atoms with E-state index in [0.717, 1.165) is 32.1 Å². The first kappa shape index (κ1) is 24.8. The van der Waals surface area contributed by atoms with Crippen LogP contribution in [0.25, 0.3) is 0 Å². The molecule has 36 heavy (non-hydrogen) atoms. The van der Waals surface area contributed by atoms with E-state index < -0.39 is 59.1 Å². The second-order valence-corrected chi connectivity index (χ2v) is 12.8. The molecule has 7 rings (SSSR count). The molecule has 1 spiro atoms. The molecule has 3 saturated heterocycles. The van der Waals surface area contributed by atoms with Gasteiger partial charge >= 0.3 is 17.9 Å². The SMILES string of the molecule is CC(=O)OC1C(=O)OC2C3OC4(OC3OC12)C1CC2CC4CC(COC(=O)C(C)(C)SOOO)(C2)C1. The van der Waals surface area contributed by atoms with Crippen LogP contribution in [-0.4, -0.2) is 71.0 Å². The summed E-state index contributed by atoms with van der Waals surface area (Å²) in [6.45, 7) is 4.77. The van der Waals surface area contributed by atoms with Crippen molar-refractivity contribution in [1.29, 1.82) is 0 Å². The highest BCUT2D eigenvalue weighted by atomic mass is 32.2. The first-order valence-electron chi connectivity index (χ1n) is 12.3. The van der Waals surface area contributed by atoms with Gasteiger partial charge in [-0.2, -0.15) is 0 Å². The second kappa shape index (κ2) is 8.52. The third-order valence-corrected chi connectivity index (χ3v) is 9.34. The van der Waals surface area contributed by atoms with E-state index in [1.54, 1.807) is 13.8 Å². The monoisotopic (exact) mass is 530 g/mol. The normalized spacial score (nSPS) is 46.1. The summed E-state index contributed by atoms with van der Waals surface area (Å²) in [5, 5.41) is 12.0. The standard InChI is InChI=1S/C23H30O12S/c1-10(24)29-16-14-15(30-18(16)25)17-19(31-14)33-23(32-17)12-4-11-5-13(23)8-22(6-11,7-12)9-28-20(26)21(2,3)36-35-34-27/h11-17,19,27H,4-9H2,1-3H3. The smallest absolute Gasteiger partial charge is 0.350 e. The molecule has 3 aliphatic heterocycles. The van der Waals surface area contributed by atoms with Gasteiger partial charge in [-0.05, 0) is 51.9 Å². The lowest BCUT2D eigenvalue weighted by Gasteiger charge is -2.62. The molecule has 4 bridgehead atoms. The molecule has 0 aromatic rings. The summed E-state index contributed by atoms with van der Waals surface area (Å²) in [5.74, 6) is -1.85. The van der Waals surface area contributed by atoms with E-state index in [4.69, 9.17) is 33.7 Å². The van der Waals surface area contributed by atoms with Crippen LogP contribution in [0.1, 0.15) is 52.9 Å². The summed E-state index contributed by atoms with van der Waals surface area (Å²) in [4.78, 5) is 36.4. The number of hydrogen-bond acceptors (Lipinski definition) is 13. The Morgan fingerprint density at radius 2 is 1.83 bits per heavy atom. The molecule has 7 aliphatic rings. The van der Waals surface area contributed by atoms with Crippen LogP contribution in [-0.2, 0) is 52.2 Å². The van der Waals surface area contributed by atoms with Crippen LogP contribution in [0.3, 0.4) is 0 Å². The Labute approximate surface area is 211 Å². The maximum Gasteiger partial charge on any atom is 0.350 e. The first-order valence-corrected chi connectivity index (χ1v) is 13.0. The largest absolute Gasteiger partial charge is 0.464 e. The number of carbonyl (C=O) groups is 3. The Bertz CT molecular complexity index is 937. The third-order valence-electron chi connectivity index (χ3n) is 8.63. The van der Waals surface area contributed by atoms with E-state index >= 15 is 0 Å². The fraction of sp³-hybridized carbons (Fsp3) is 0.870. The van der Waals surface area contributed by atoms with Crippen molar-refractivity contribution in [3.8, 4) is 0 Å². The second-order valence-electron chi connectivity index (χ2n) is 11.5. The van der Waals surface area contributed by atoms with Crippen LogP contribution in [0.15, 0.2) is 0 Å². The van der Waals surface area contributed by atoms with E-state index in [0.29, 0.717) is 18.0 Å². The van der Waals surface area contributed by atoms with Crippen LogP contribution in [0.4, 0.5) is 0 Å². The molecule has 13 heteroatoms. The van der Waals surface area contributed by atoms with Gasteiger partial charge in [-0.15, -0.1) is 4.33 Å². The van der Waals surface area contributed by atoms with E-state index in [1.807, 2.05) is 0 Å². The van der Waals surface area contributed by atoms with Crippen molar-refractivity contribution in [1.82, 2.24) is 0 Å². The number of carbonyl (C=O) groups excluding carboxylic acids is 3. The number of esters is 3. The maximum absolute atomic E-state index is 12.7. The van der Waals surface area contributed by atoms with Gasteiger partial charge in [0.25, 0.3) is 0 Å². The topological polar surface area (TPSA) is 145 Å². The fourth-order valence-electron chi connectivity index (χ4n) is 7.47. The Balaban J connectivity index is 1.14. The Morgan fingerprint density at radius 1 is 1.11 bits per heavy atom. The summed E-state index contributed by atoms with van der Waals surface area (Å²) < 4.78 is 38.9. The molecule has 200 valence electrons. The number of hydrogen-bond donors (Lipinski definition) is 1. The molecule has 1 N–H and O–H groups in total. The quantitative estimate of drug-likeness (QED) is 0.168. The number of fused-ring (bicyclic) bond motifs is 3. The number of rotatable bonds is 7. The zero-order chi connectivity index (χ0) is 25.5. The van der Waals surface area contributed by atoms with E-state index in [-0.39, 0.29) is 23.9 Å². The van der Waals surface area contributed by atoms with Gasteiger partial charge in [0.2, 0.25) is 6.10 Å². The Hall–Kier alpha value is -1.48. The van der Waals surface area contributed by atoms with Gasteiger partial charge in [-0.1, -0.05) is 5.04 Å². The Morgan fingerprint density at radius 3 is 2.50 bits per heavy atom. The molecule has 3 heterocycles. The van der Waals surface area contributed by atoms with Gasteiger partial charge < -0.3 is 28.4 Å².